The molecular formula is C17H16IN5O2. The monoisotopic (exact) mass is 449 g/mol. The molecule has 0 saturated heterocycles. The van der Waals surface area contributed by atoms with E-state index < -0.39 is 5.91 Å². The van der Waals surface area contributed by atoms with Crippen LogP contribution >= 0.6 is 22.6 Å². The van der Waals surface area contributed by atoms with Gasteiger partial charge in [0, 0.05) is 17.8 Å². The highest BCUT2D eigenvalue weighted by Crippen LogP contribution is 2.26. The van der Waals surface area contributed by atoms with Gasteiger partial charge in [-0.3, -0.25) is 14.9 Å². The Morgan fingerprint density at radius 3 is 2.68 bits per heavy atom. The van der Waals surface area contributed by atoms with E-state index in [0.29, 0.717) is 5.39 Å². The van der Waals surface area contributed by atoms with Crippen LogP contribution in [0.2, 0.25) is 0 Å². The number of nitrogens with one attached hydrogen (secondary N) is 1. The van der Waals surface area contributed by atoms with Crippen LogP contribution in [-0.4, -0.2) is 25.7 Å². The predicted octanol–water partition coefficient (Wildman–Crippen LogP) is 2.63. The molecule has 2 heterocycles. The van der Waals surface area contributed by atoms with Crippen LogP contribution in [0.25, 0.3) is 10.8 Å². The number of hydrogen-bond donors (Lipinski definition) is 1. The van der Waals surface area contributed by atoms with E-state index >= 15 is 0 Å². The summed E-state index contributed by atoms with van der Waals surface area (Å²) in [5.41, 5.74) is 1.47. The fraction of sp³-hybridized carbons (Fsp3) is 0.235. The lowest BCUT2D eigenvalue weighted by molar-refractivity contribution is -0.117. The molecule has 1 amide bonds. The first-order valence-corrected chi connectivity index (χ1v) is 8.92. The van der Waals surface area contributed by atoms with Gasteiger partial charge in [-0.05, 0) is 26.0 Å². The Balaban J connectivity index is 2.00. The van der Waals surface area contributed by atoms with Crippen molar-refractivity contribution in [3.63, 3.8) is 0 Å². The first-order chi connectivity index (χ1) is 12.0. The molecule has 0 saturated carbocycles. The highest BCUT2D eigenvalue weighted by Gasteiger charge is 2.16. The highest BCUT2D eigenvalue weighted by atomic mass is 127. The van der Waals surface area contributed by atoms with E-state index in [4.69, 9.17) is 0 Å². The Bertz CT molecular complexity index is 985. The minimum Gasteiger partial charge on any atom is -0.293 e. The Labute approximate surface area is 157 Å². The second-order valence-corrected chi connectivity index (χ2v) is 7.50. The molecule has 1 N–H and O–H groups in total. The molecule has 0 radical (unpaired) electrons. The van der Waals surface area contributed by atoms with Crippen molar-refractivity contribution in [1.82, 2.24) is 19.7 Å². The van der Waals surface area contributed by atoms with Gasteiger partial charge in [-0.1, -0.05) is 40.3 Å². The lowest BCUT2D eigenvalue weighted by Gasteiger charge is -2.12. The molecule has 1 unspecified atom stereocenters. The molecule has 3 aromatic rings. The Kier molecular flexibility index (Phi) is 5.07. The van der Waals surface area contributed by atoms with E-state index in [2.05, 4.69) is 43.0 Å². The van der Waals surface area contributed by atoms with Crippen molar-refractivity contribution in [2.75, 3.05) is 5.32 Å². The van der Waals surface area contributed by atoms with Crippen LogP contribution in [0.4, 0.5) is 5.95 Å². The Morgan fingerprint density at radius 2 is 2.00 bits per heavy atom. The average Bonchev–Trinajstić information content (AvgIpc) is 2.58. The number of amides is 1. The summed E-state index contributed by atoms with van der Waals surface area (Å²) in [6.07, 6.45) is 3.06. The van der Waals surface area contributed by atoms with Gasteiger partial charge in [0.15, 0.2) is 0 Å². The van der Waals surface area contributed by atoms with Crippen molar-refractivity contribution >= 4 is 45.2 Å². The normalized spacial score (nSPS) is 12.1. The van der Waals surface area contributed by atoms with Gasteiger partial charge in [-0.25, -0.2) is 14.6 Å². The molecule has 0 aliphatic carbocycles. The summed E-state index contributed by atoms with van der Waals surface area (Å²) < 4.78 is 1.29. The molecule has 128 valence electrons. The number of nitrogens with zero attached hydrogens (tertiary/aromatic N) is 4. The van der Waals surface area contributed by atoms with Gasteiger partial charge in [0.25, 0.3) is 5.56 Å². The van der Waals surface area contributed by atoms with Crippen LogP contribution < -0.4 is 10.9 Å². The summed E-state index contributed by atoms with van der Waals surface area (Å²) >= 11 is 2.25. The number of anilines is 1. The molecule has 0 spiro atoms. The van der Waals surface area contributed by atoms with E-state index in [-0.39, 0.29) is 22.0 Å². The number of aryl methyl sites for hydroxylation is 1. The van der Waals surface area contributed by atoms with Crippen molar-refractivity contribution < 1.29 is 4.79 Å². The lowest BCUT2D eigenvalue weighted by Crippen LogP contribution is -2.31. The quantitative estimate of drug-likeness (QED) is 0.489. The maximum absolute atomic E-state index is 12.7. The van der Waals surface area contributed by atoms with Crippen LogP contribution in [0.3, 0.4) is 0 Å². The van der Waals surface area contributed by atoms with Gasteiger partial charge in [0.05, 0.1) is 15.0 Å². The van der Waals surface area contributed by atoms with E-state index in [1.165, 1.54) is 17.1 Å². The van der Waals surface area contributed by atoms with Crippen molar-refractivity contribution in [1.29, 1.82) is 0 Å². The van der Waals surface area contributed by atoms with Gasteiger partial charge in [0.2, 0.25) is 11.9 Å². The number of rotatable bonds is 4. The molecule has 0 aliphatic heterocycles. The summed E-state index contributed by atoms with van der Waals surface area (Å²) in [5.74, 6) is -0.209. The molecule has 25 heavy (non-hydrogen) atoms. The first kappa shape index (κ1) is 17.5. The topological polar surface area (TPSA) is 89.8 Å². The summed E-state index contributed by atoms with van der Waals surface area (Å²) in [4.78, 5) is 32.8. The molecule has 8 heteroatoms. The van der Waals surface area contributed by atoms with E-state index in [9.17, 15) is 9.59 Å². The molecule has 2 aromatic heterocycles. The van der Waals surface area contributed by atoms with E-state index in [1.54, 1.807) is 6.07 Å². The largest absolute Gasteiger partial charge is 0.293 e. The average molecular weight is 449 g/mol. The molecule has 0 bridgehead atoms. The van der Waals surface area contributed by atoms with Crippen LogP contribution in [-0.2, 0) is 11.3 Å². The number of carbonyl (C=O) groups is 1. The third-order valence-corrected chi connectivity index (χ3v) is 4.22. The zero-order valence-electron chi connectivity index (χ0n) is 13.7. The fourth-order valence-corrected chi connectivity index (χ4v) is 2.95. The Hall–Kier alpha value is -2.36. The molecule has 0 aliphatic rings. The van der Waals surface area contributed by atoms with Crippen molar-refractivity contribution in [3.05, 3.63) is 58.3 Å². The molecular weight excluding hydrogens is 433 g/mol. The van der Waals surface area contributed by atoms with E-state index in [0.717, 1.165) is 16.6 Å². The number of aromatic nitrogens is 4. The second kappa shape index (κ2) is 7.26. The number of halogens is 1. The minimum atomic E-state index is -0.403. The van der Waals surface area contributed by atoms with Crippen LogP contribution in [0.1, 0.15) is 22.1 Å². The lowest BCUT2D eigenvalue weighted by atomic mass is 10.1. The van der Waals surface area contributed by atoms with Gasteiger partial charge in [-0.2, -0.15) is 5.10 Å². The molecule has 1 atom stereocenters. The summed E-state index contributed by atoms with van der Waals surface area (Å²) in [5, 5.41) is 8.36. The highest BCUT2D eigenvalue weighted by molar-refractivity contribution is 14.1. The standard InChI is InChI=1S/C17H16IN5O2/c1-10-4-5-12-13(8-10)16(25)23(22-15(12)11(2)18)9-14(24)21-17-19-6-3-7-20-17/h3-8,11H,9H2,1-2H3,(H,19,20,21,24). The third kappa shape index (κ3) is 3.84. The van der Waals surface area contributed by atoms with Crippen molar-refractivity contribution in [2.24, 2.45) is 0 Å². The maximum Gasteiger partial charge on any atom is 0.275 e. The first-order valence-electron chi connectivity index (χ1n) is 7.68. The minimum absolute atomic E-state index is 0.0928. The molecule has 7 nitrogen and oxygen atoms in total. The molecule has 0 fully saturated rings. The van der Waals surface area contributed by atoms with Crippen LogP contribution in [0.5, 0.6) is 0 Å². The van der Waals surface area contributed by atoms with Gasteiger partial charge >= 0.3 is 0 Å². The summed E-state index contributed by atoms with van der Waals surface area (Å²) in [6, 6.07) is 7.35. The molecule has 3 rings (SSSR count). The zero-order chi connectivity index (χ0) is 18.0. The number of benzene rings is 1. The maximum atomic E-state index is 12.7. The second-order valence-electron chi connectivity index (χ2n) is 5.63. The number of carbonyl (C=O) groups excluding carboxylic acids is 1. The smallest absolute Gasteiger partial charge is 0.275 e. The van der Waals surface area contributed by atoms with Crippen LogP contribution in [0, 0.1) is 6.92 Å². The van der Waals surface area contributed by atoms with Gasteiger partial charge < -0.3 is 0 Å². The summed E-state index contributed by atoms with van der Waals surface area (Å²) in [7, 11) is 0. The third-order valence-electron chi connectivity index (χ3n) is 3.63. The number of fused-ring (bicyclic) bond motifs is 1. The summed E-state index contributed by atoms with van der Waals surface area (Å²) in [6.45, 7) is 3.72. The van der Waals surface area contributed by atoms with Gasteiger partial charge in [0.1, 0.15) is 6.54 Å². The van der Waals surface area contributed by atoms with Crippen molar-refractivity contribution in [2.45, 2.75) is 24.3 Å². The number of alkyl halides is 1. The molecule has 1 aromatic carbocycles. The SMILES string of the molecule is Cc1ccc2c(C(C)I)nn(CC(=O)Nc3ncccn3)c(=O)c2c1. The predicted molar refractivity (Wildman–Crippen MR) is 104 cm³/mol. The van der Waals surface area contributed by atoms with E-state index in [1.807, 2.05) is 32.0 Å². The number of hydrogen-bond acceptors (Lipinski definition) is 5. The zero-order valence-corrected chi connectivity index (χ0v) is 15.9. The van der Waals surface area contributed by atoms with Crippen LogP contribution in [0.15, 0.2) is 41.5 Å². The van der Waals surface area contributed by atoms with Crippen molar-refractivity contribution in [3.8, 4) is 0 Å². The Morgan fingerprint density at radius 1 is 1.28 bits per heavy atom. The fourth-order valence-electron chi connectivity index (χ4n) is 2.49. The van der Waals surface area contributed by atoms with Gasteiger partial charge in [-0.15, -0.1) is 0 Å².